The second kappa shape index (κ2) is 7.23. The van der Waals surface area contributed by atoms with Crippen LogP contribution in [0, 0.1) is 11.3 Å². The molecular weight excluding hydrogens is 240 g/mol. The Bertz CT molecular complexity index is 310. The van der Waals surface area contributed by atoms with Crippen molar-refractivity contribution in [1.29, 1.82) is 5.26 Å². The monoisotopic (exact) mass is 266 g/mol. The number of rotatable bonds is 6. The Kier molecular flexibility index (Phi) is 5.62. The van der Waals surface area contributed by atoms with Gasteiger partial charge in [-0.2, -0.15) is 5.26 Å². The van der Waals surface area contributed by atoms with Gasteiger partial charge >= 0.3 is 0 Å². The molecule has 0 spiro atoms. The minimum atomic E-state index is -0.353. The maximum atomic E-state index is 9.39. The highest BCUT2D eigenvalue weighted by Crippen LogP contribution is 2.32. The van der Waals surface area contributed by atoms with Gasteiger partial charge in [-0.05, 0) is 45.1 Å². The van der Waals surface area contributed by atoms with Gasteiger partial charge in [0.1, 0.15) is 5.54 Å². The van der Waals surface area contributed by atoms with Crippen LogP contribution in [0.2, 0.25) is 0 Å². The van der Waals surface area contributed by atoms with E-state index in [0.29, 0.717) is 6.61 Å². The lowest BCUT2D eigenvalue weighted by atomic mass is 9.99. The first-order valence-corrected chi connectivity index (χ1v) is 7.67. The molecule has 4 nitrogen and oxygen atoms in total. The first-order valence-electron chi connectivity index (χ1n) is 7.67. The highest BCUT2D eigenvalue weighted by atomic mass is 16.5. The number of nitrogens with zero attached hydrogens (tertiary/aromatic N) is 1. The maximum absolute atomic E-state index is 9.39. The van der Waals surface area contributed by atoms with Crippen LogP contribution in [0.3, 0.4) is 0 Å². The van der Waals surface area contributed by atoms with Crippen molar-refractivity contribution in [2.45, 2.75) is 69.6 Å². The van der Waals surface area contributed by atoms with Crippen molar-refractivity contribution < 1.29 is 9.47 Å². The summed E-state index contributed by atoms with van der Waals surface area (Å²) in [5.41, 5.74) is -0.353. The SMILES string of the molecule is CCCNC1(C#N)CCC(OCC2CCCCO2)C1. The van der Waals surface area contributed by atoms with Gasteiger partial charge in [-0.1, -0.05) is 6.92 Å². The van der Waals surface area contributed by atoms with Gasteiger partial charge in [0.25, 0.3) is 0 Å². The summed E-state index contributed by atoms with van der Waals surface area (Å²) in [6, 6.07) is 2.46. The molecule has 1 aliphatic heterocycles. The zero-order valence-corrected chi connectivity index (χ0v) is 12.0. The van der Waals surface area contributed by atoms with E-state index in [1.54, 1.807) is 0 Å². The van der Waals surface area contributed by atoms with Gasteiger partial charge in [0, 0.05) is 13.0 Å². The van der Waals surface area contributed by atoms with Gasteiger partial charge in [0.15, 0.2) is 0 Å². The Hall–Kier alpha value is -0.630. The number of nitriles is 1. The van der Waals surface area contributed by atoms with Crippen molar-refractivity contribution in [2.75, 3.05) is 19.8 Å². The molecular formula is C15H26N2O2. The Morgan fingerprint density at radius 3 is 3.00 bits per heavy atom. The molecule has 0 radical (unpaired) electrons. The summed E-state index contributed by atoms with van der Waals surface area (Å²) in [5, 5.41) is 12.8. The van der Waals surface area contributed by atoms with E-state index >= 15 is 0 Å². The number of nitrogens with one attached hydrogen (secondary N) is 1. The van der Waals surface area contributed by atoms with E-state index in [9.17, 15) is 5.26 Å². The van der Waals surface area contributed by atoms with Crippen molar-refractivity contribution in [3.05, 3.63) is 0 Å². The molecule has 2 aliphatic rings. The summed E-state index contributed by atoms with van der Waals surface area (Å²) in [4.78, 5) is 0. The second-order valence-electron chi connectivity index (χ2n) is 5.81. The third kappa shape index (κ3) is 4.17. The van der Waals surface area contributed by atoms with Crippen LogP contribution >= 0.6 is 0 Å². The molecule has 2 rings (SSSR count). The van der Waals surface area contributed by atoms with E-state index in [2.05, 4.69) is 18.3 Å². The van der Waals surface area contributed by atoms with Gasteiger partial charge in [0.2, 0.25) is 0 Å². The normalized spacial score (nSPS) is 35.2. The molecule has 0 aromatic heterocycles. The summed E-state index contributed by atoms with van der Waals surface area (Å²) in [6.07, 6.45) is 7.79. The van der Waals surface area contributed by atoms with Crippen LogP contribution in [0.4, 0.5) is 0 Å². The van der Waals surface area contributed by atoms with Crippen molar-refractivity contribution in [3.63, 3.8) is 0 Å². The highest BCUT2D eigenvalue weighted by Gasteiger charge is 2.39. The molecule has 4 heteroatoms. The van der Waals surface area contributed by atoms with Gasteiger partial charge in [-0.15, -0.1) is 0 Å². The van der Waals surface area contributed by atoms with Gasteiger partial charge in [-0.25, -0.2) is 0 Å². The molecule has 0 aromatic rings. The first-order chi connectivity index (χ1) is 9.28. The minimum absolute atomic E-state index is 0.217. The third-order valence-electron chi connectivity index (χ3n) is 4.19. The number of ether oxygens (including phenoxy) is 2. The molecule has 19 heavy (non-hydrogen) atoms. The topological polar surface area (TPSA) is 54.3 Å². The minimum Gasteiger partial charge on any atom is -0.376 e. The van der Waals surface area contributed by atoms with Crippen LogP contribution in [0.1, 0.15) is 51.9 Å². The van der Waals surface area contributed by atoms with Crippen LogP contribution in [0.15, 0.2) is 0 Å². The summed E-state index contributed by atoms with van der Waals surface area (Å²) >= 11 is 0. The molecule has 1 N–H and O–H groups in total. The molecule has 1 saturated carbocycles. The molecule has 2 fully saturated rings. The van der Waals surface area contributed by atoms with Crippen LogP contribution in [-0.4, -0.2) is 37.5 Å². The molecule has 108 valence electrons. The lowest BCUT2D eigenvalue weighted by molar-refractivity contribution is -0.0620. The fourth-order valence-electron chi connectivity index (χ4n) is 2.99. The van der Waals surface area contributed by atoms with Gasteiger partial charge in [0.05, 0.1) is 24.9 Å². The standard InChI is InChI=1S/C15H26N2O2/c1-2-8-17-15(12-16)7-6-13(10-15)19-11-14-5-3-4-9-18-14/h13-14,17H,2-11H2,1H3. The molecule has 3 unspecified atom stereocenters. The molecule has 0 amide bonds. The van der Waals surface area contributed by atoms with Crippen LogP contribution in [0.25, 0.3) is 0 Å². The molecule has 1 saturated heterocycles. The van der Waals surface area contributed by atoms with E-state index in [4.69, 9.17) is 9.47 Å². The highest BCUT2D eigenvalue weighted by molar-refractivity contribution is 5.12. The van der Waals surface area contributed by atoms with Crippen LogP contribution in [0.5, 0.6) is 0 Å². The van der Waals surface area contributed by atoms with E-state index < -0.39 is 0 Å². The zero-order valence-electron chi connectivity index (χ0n) is 12.0. The maximum Gasteiger partial charge on any atom is 0.109 e. The fourth-order valence-corrected chi connectivity index (χ4v) is 2.99. The second-order valence-corrected chi connectivity index (χ2v) is 5.81. The Morgan fingerprint density at radius 1 is 1.42 bits per heavy atom. The van der Waals surface area contributed by atoms with E-state index in [0.717, 1.165) is 45.3 Å². The van der Waals surface area contributed by atoms with Crippen molar-refractivity contribution in [3.8, 4) is 6.07 Å². The summed E-state index contributed by atoms with van der Waals surface area (Å²) in [5.74, 6) is 0. The van der Waals surface area contributed by atoms with E-state index in [1.165, 1.54) is 12.8 Å². The van der Waals surface area contributed by atoms with Crippen molar-refractivity contribution in [1.82, 2.24) is 5.32 Å². The van der Waals surface area contributed by atoms with Gasteiger partial charge in [-0.3, -0.25) is 5.32 Å². The summed E-state index contributed by atoms with van der Waals surface area (Å²) < 4.78 is 11.6. The first kappa shape index (κ1) is 14.8. The van der Waals surface area contributed by atoms with Crippen LogP contribution in [-0.2, 0) is 9.47 Å². The lowest BCUT2D eigenvalue weighted by Crippen LogP contribution is -2.42. The Morgan fingerprint density at radius 2 is 2.32 bits per heavy atom. The Balaban J connectivity index is 1.72. The average molecular weight is 266 g/mol. The molecule has 0 bridgehead atoms. The predicted octanol–water partition coefficient (Wildman–Crippen LogP) is 2.39. The van der Waals surface area contributed by atoms with Crippen LogP contribution < -0.4 is 5.32 Å². The molecule has 0 aromatic carbocycles. The largest absolute Gasteiger partial charge is 0.376 e. The summed E-state index contributed by atoms with van der Waals surface area (Å²) in [7, 11) is 0. The Labute approximate surface area is 116 Å². The van der Waals surface area contributed by atoms with Gasteiger partial charge < -0.3 is 9.47 Å². The van der Waals surface area contributed by atoms with Crippen molar-refractivity contribution in [2.24, 2.45) is 0 Å². The lowest BCUT2D eigenvalue weighted by Gasteiger charge is -2.25. The third-order valence-corrected chi connectivity index (χ3v) is 4.19. The molecule has 1 heterocycles. The molecule has 3 atom stereocenters. The van der Waals surface area contributed by atoms with Crippen molar-refractivity contribution >= 4 is 0 Å². The van der Waals surface area contributed by atoms with E-state index in [1.807, 2.05) is 0 Å². The average Bonchev–Trinajstić information content (AvgIpc) is 2.88. The number of hydrogen-bond acceptors (Lipinski definition) is 4. The van der Waals surface area contributed by atoms with E-state index in [-0.39, 0.29) is 17.7 Å². The zero-order chi connectivity index (χ0) is 13.6. The molecule has 1 aliphatic carbocycles. The smallest absolute Gasteiger partial charge is 0.109 e. The fraction of sp³-hybridized carbons (Fsp3) is 0.933. The summed E-state index contributed by atoms with van der Waals surface area (Å²) in [6.45, 7) is 4.60. The predicted molar refractivity (Wildman–Crippen MR) is 73.8 cm³/mol. The number of hydrogen-bond donors (Lipinski definition) is 1. The quantitative estimate of drug-likeness (QED) is 0.802.